The highest BCUT2D eigenvalue weighted by atomic mass is 32.1. The second-order valence-corrected chi connectivity index (χ2v) is 6.75. The monoisotopic (exact) mass is 291 g/mol. The Bertz CT molecular complexity index is 462. The second-order valence-electron chi connectivity index (χ2n) is 5.75. The summed E-state index contributed by atoms with van der Waals surface area (Å²) in [5.41, 5.74) is 6.61. The number of piperidine rings is 1. The van der Waals surface area contributed by atoms with E-state index in [4.69, 9.17) is 5.73 Å². The predicted molar refractivity (Wildman–Crippen MR) is 86.8 cm³/mol. The van der Waals surface area contributed by atoms with Crippen LogP contribution in [0.4, 0.5) is 0 Å². The first kappa shape index (κ1) is 15.5. The van der Waals surface area contributed by atoms with E-state index < -0.39 is 0 Å². The maximum atomic E-state index is 5.45. The third kappa shape index (κ3) is 4.60. The molecule has 0 spiro atoms. The lowest BCUT2D eigenvalue weighted by atomic mass is 9.96. The van der Waals surface area contributed by atoms with Crippen LogP contribution in [0, 0.1) is 17.8 Å². The maximum absolute atomic E-state index is 5.45. The molecule has 2 heterocycles. The Morgan fingerprint density at radius 3 is 2.80 bits per heavy atom. The van der Waals surface area contributed by atoms with E-state index in [0.29, 0.717) is 6.54 Å². The standard InChI is InChI=1S/C16H25N3S/c1-18(2)12-14-5-9-19(10-6-14)13-16-15(4-3-8-17)7-11-20-16/h7,11,14H,5-6,8-10,12-13,17H2,1-2H3. The lowest BCUT2D eigenvalue weighted by Gasteiger charge is -2.33. The fourth-order valence-corrected chi connectivity index (χ4v) is 3.64. The van der Waals surface area contributed by atoms with Crippen molar-refractivity contribution in [1.82, 2.24) is 9.80 Å². The molecule has 4 heteroatoms. The van der Waals surface area contributed by atoms with Crippen LogP contribution in [0.15, 0.2) is 11.4 Å². The first-order valence-corrected chi connectivity index (χ1v) is 8.19. The van der Waals surface area contributed by atoms with E-state index in [0.717, 1.165) is 18.0 Å². The van der Waals surface area contributed by atoms with Gasteiger partial charge in [0.2, 0.25) is 0 Å². The van der Waals surface area contributed by atoms with Crippen LogP contribution in [-0.2, 0) is 6.54 Å². The molecule has 1 aliphatic rings. The van der Waals surface area contributed by atoms with Gasteiger partial charge in [-0.05, 0) is 57.4 Å². The third-order valence-corrected chi connectivity index (χ3v) is 4.67. The van der Waals surface area contributed by atoms with Crippen LogP contribution in [0.1, 0.15) is 23.3 Å². The van der Waals surface area contributed by atoms with Crippen LogP contribution in [0.2, 0.25) is 0 Å². The van der Waals surface area contributed by atoms with Crippen molar-refractivity contribution in [3.8, 4) is 11.8 Å². The van der Waals surface area contributed by atoms with Gasteiger partial charge in [0.1, 0.15) is 0 Å². The molecule has 0 radical (unpaired) electrons. The number of hydrogen-bond acceptors (Lipinski definition) is 4. The molecule has 1 aromatic rings. The van der Waals surface area contributed by atoms with Gasteiger partial charge in [0, 0.05) is 23.5 Å². The van der Waals surface area contributed by atoms with Gasteiger partial charge in [-0.15, -0.1) is 11.3 Å². The van der Waals surface area contributed by atoms with Crippen molar-refractivity contribution >= 4 is 11.3 Å². The summed E-state index contributed by atoms with van der Waals surface area (Å²) >= 11 is 1.81. The zero-order valence-electron chi connectivity index (χ0n) is 12.6. The minimum atomic E-state index is 0.436. The van der Waals surface area contributed by atoms with Crippen molar-refractivity contribution in [3.05, 3.63) is 21.9 Å². The number of nitrogens with two attached hydrogens (primary N) is 1. The Kier molecular flexibility index (Phi) is 6.06. The summed E-state index contributed by atoms with van der Waals surface area (Å²) < 4.78 is 0. The lowest BCUT2D eigenvalue weighted by Crippen LogP contribution is -2.36. The smallest absolute Gasteiger partial charge is 0.0555 e. The van der Waals surface area contributed by atoms with Crippen LogP contribution >= 0.6 is 11.3 Å². The molecule has 1 aromatic heterocycles. The molecule has 2 rings (SSSR count). The van der Waals surface area contributed by atoms with Gasteiger partial charge in [-0.1, -0.05) is 11.8 Å². The van der Waals surface area contributed by atoms with Crippen molar-refractivity contribution in [2.45, 2.75) is 19.4 Å². The summed E-state index contributed by atoms with van der Waals surface area (Å²) in [4.78, 5) is 6.25. The Morgan fingerprint density at radius 1 is 1.40 bits per heavy atom. The van der Waals surface area contributed by atoms with Crippen LogP contribution in [0.5, 0.6) is 0 Å². The van der Waals surface area contributed by atoms with Gasteiger partial charge in [0.25, 0.3) is 0 Å². The van der Waals surface area contributed by atoms with Gasteiger partial charge in [-0.3, -0.25) is 4.90 Å². The van der Waals surface area contributed by atoms with Crippen LogP contribution in [0.3, 0.4) is 0 Å². The average Bonchev–Trinajstić information content (AvgIpc) is 2.85. The fraction of sp³-hybridized carbons (Fsp3) is 0.625. The molecule has 0 aliphatic carbocycles. The fourth-order valence-electron chi connectivity index (χ4n) is 2.77. The Hall–Kier alpha value is -0.860. The number of likely N-dealkylation sites (tertiary alicyclic amines) is 1. The lowest BCUT2D eigenvalue weighted by molar-refractivity contribution is 0.158. The molecule has 0 bridgehead atoms. The van der Waals surface area contributed by atoms with E-state index in [2.05, 4.69) is 47.2 Å². The van der Waals surface area contributed by atoms with Gasteiger partial charge in [-0.2, -0.15) is 0 Å². The Balaban J connectivity index is 1.85. The van der Waals surface area contributed by atoms with Gasteiger partial charge < -0.3 is 10.6 Å². The maximum Gasteiger partial charge on any atom is 0.0555 e. The number of nitrogens with zero attached hydrogens (tertiary/aromatic N) is 2. The molecular formula is C16H25N3S. The minimum absolute atomic E-state index is 0.436. The van der Waals surface area contributed by atoms with Crippen molar-refractivity contribution in [3.63, 3.8) is 0 Å². The summed E-state index contributed by atoms with van der Waals surface area (Å²) in [7, 11) is 4.33. The van der Waals surface area contributed by atoms with Crippen molar-refractivity contribution in [2.24, 2.45) is 11.7 Å². The number of thiophene rings is 1. The molecule has 1 saturated heterocycles. The molecule has 1 fully saturated rings. The first-order chi connectivity index (χ1) is 9.69. The van der Waals surface area contributed by atoms with Gasteiger partial charge in [-0.25, -0.2) is 0 Å². The quantitative estimate of drug-likeness (QED) is 0.859. The molecule has 0 unspecified atom stereocenters. The predicted octanol–water partition coefficient (Wildman–Crippen LogP) is 1.83. The molecule has 110 valence electrons. The van der Waals surface area contributed by atoms with Crippen LogP contribution in [-0.4, -0.2) is 50.1 Å². The van der Waals surface area contributed by atoms with Gasteiger partial charge in [0.15, 0.2) is 0 Å². The topological polar surface area (TPSA) is 32.5 Å². The van der Waals surface area contributed by atoms with Crippen molar-refractivity contribution in [1.29, 1.82) is 0 Å². The Labute approximate surface area is 126 Å². The molecule has 0 saturated carbocycles. The zero-order valence-corrected chi connectivity index (χ0v) is 13.4. The van der Waals surface area contributed by atoms with E-state index in [1.165, 1.54) is 37.4 Å². The third-order valence-electron chi connectivity index (χ3n) is 3.77. The Morgan fingerprint density at radius 2 is 2.15 bits per heavy atom. The molecule has 20 heavy (non-hydrogen) atoms. The SMILES string of the molecule is CN(C)CC1CCN(Cc2sccc2C#CCN)CC1. The highest BCUT2D eigenvalue weighted by Gasteiger charge is 2.20. The van der Waals surface area contributed by atoms with Gasteiger partial charge in [0.05, 0.1) is 6.54 Å². The highest BCUT2D eigenvalue weighted by molar-refractivity contribution is 7.10. The molecule has 0 atom stereocenters. The summed E-state index contributed by atoms with van der Waals surface area (Å²) in [6, 6.07) is 2.11. The zero-order chi connectivity index (χ0) is 14.4. The van der Waals surface area contributed by atoms with E-state index >= 15 is 0 Å². The van der Waals surface area contributed by atoms with Crippen LogP contribution in [0.25, 0.3) is 0 Å². The second kappa shape index (κ2) is 7.80. The highest BCUT2D eigenvalue weighted by Crippen LogP contribution is 2.23. The minimum Gasteiger partial charge on any atom is -0.320 e. The summed E-state index contributed by atoms with van der Waals surface area (Å²) in [5.74, 6) is 7.00. The van der Waals surface area contributed by atoms with E-state index in [1.807, 2.05) is 11.3 Å². The molecule has 2 N–H and O–H groups in total. The van der Waals surface area contributed by atoms with Crippen LogP contribution < -0.4 is 5.73 Å². The van der Waals surface area contributed by atoms with Crippen molar-refractivity contribution in [2.75, 3.05) is 40.3 Å². The summed E-state index contributed by atoms with van der Waals surface area (Å²) in [5, 5.41) is 2.13. The summed E-state index contributed by atoms with van der Waals surface area (Å²) in [6.07, 6.45) is 2.63. The average molecular weight is 291 g/mol. The largest absolute Gasteiger partial charge is 0.320 e. The number of rotatable bonds is 4. The molecule has 0 aromatic carbocycles. The first-order valence-electron chi connectivity index (χ1n) is 7.31. The normalized spacial score (nSPS) is 17.2. The molecule has 1 aliphatic heterocycles. The van der Waals surface area contributed by atoms with Crippen molar-refractivity contribution < 1.29 is 0 Å². The van der Waals surface area contributed by atoms with E-state index in [1.54, 1.807) is 0 Å². The molecule has 0 amide bonds. The van der Waals surface area contributed by atoms with E-state index in [9.17, 15) is 0 Å². The molecular weight excluding hydrogens is 266 g/mol. The van der Waals surface area contributed by atoms with Gasteiger partial charge >= 0.3 is 0 Å². The molecule has 3 nitrogen and oxygen atoms in total. The number of hydrogen-bond donors (Lipinski definition) is 1. The van der Waals surface area contributed by atoms with E-state index in [-0.39, 0.29) is 0 Å². The summed E-state index contributed by atoms with van der Waals surface area (Å²) in [6.45, 7) is 5.12.